The average molecular weight is 356 g/mol. The van der Waals surface area contributed by atoms with Gasteiger partial charge in [0, 0.05) is 13.1 Å². The third-order valence-corrected chi connectivity index (χ3v) is 10.8. The van der Waals surface area contributed by atoms with E-state index in [1.807, 2.05) is 0 Å². The van der Waals surface area contributed by atoms with E-state index in [2.05, 4.69) is 0 Å². The van der Waals surface area contributed by atoms with Crippen LogP contribution in [0.5, 0.6) is 0 Å². The smallest absolute Gasteiger partial charge is 0.312 e. The van der Waals surface area contributed by atoms with Crippen LogP contribution in [0.15, 0.2) is 0 Å². The van der Waals surface area contributed by atoms with Crippen LogP contribution in [0.2, 0.25) is 0 Å². The first-order valence-corrected chi connectivity index (χ1v) is 9.89. The van der Waals surface area contributed by atoms with Gasteiger partial charge in [-0.25, -0.2) is 0 Å². The van der Waals surface area contributed by atoms with Gasteiger partial charge in [0.15, 0.2) is 0 Å². The van der Waals surface area contributed by atoms with Gasteiger partial charge in [0.2, 0.25) is 0 Å². The van der Waals surface area contributed by atoms with Gasteiger partial charge in [0.05, 0.1) is 23.0 Å². The summed E-state index contributed by atoms with van der Waals surface area (Å²) in [7, 11) is -5.26. The third-order valence-electron chi connectivity index (χ3n) is 3.89. The van der Waals surface area contributed by atoms with E-state index in [9.17, 15) is 39.6 Å². The average Bonchev–Trinajstić information content (AvgIpc) is 2.23. The zero-order chi connectivity index (χ0) is 18.5. The SMILES string of the molecule is CCN(CC)S(N)(CC(=O)O)(CC(=O)O)(CC(=O)O)CC(=O)O. The second-order valence-corrected chi connectivity index (χ2v) is 12.5. The van der Waals surface area contributed by atoms with E-state index in [1.165, 1.54) is 4.31 Å². The highest BCUT2D eigenvalue weighted by atomic mass is 32.4. The Labute approximate surface area is 132 Å². The molecule has 0 unspecified atom stereocenters. The largest absolute Gasteiger partial charge is 0.481 e. The molecule has 0 rings (SSSR count). The zero-order valence-corrected chi connectivity index (χ0v) is 13.9. The van der Waals surface area contributed by atoms with Crippen LogP contribution in [0.25, 0.3) is 0 Å². The van der Waals surface area contributed by atoms with E-state index < -0.39 is 55.6 Å². The van der Waals surface area contributed by atoms with Crippen LogP contribution in [0.3, 0.4) is 0 Å². The van der Waals surface area contributed by atoms with Gasteiger partial charge in [-0.05, 0) is 0 Å². The Morgan fingerprint density at radius 2 is 0.957 bits per heavy atom. The first kappa shape index (κ1) is 21.1. The summed E-state index contributed by atoms with van der Waals surface area (Å²) in [6, 6.07) is 0. The second kappa shape index (κ2) is 6.34. The summed E-state index contributed by atoms with van der Waals surface area (Å²) in [4.78, 5) is 45.8. The number of rotatable bonds is 11. The van der Waals surface area contributed by atoms with Gasteiger partial charge >= 0.3 is 23.9 Å². The molecule has 0 saturated carbocycles. The van der Waals surface area contributed by atoms with Crippen LogP contribution in [0.4, 0.5) is 0 Å². The molecule has 0 aromatic heterocycles. The molecule has 0 amide bonds. The molecular formula is C12H24N2O8S. The van der Waals surface area contributed by atoms with Crippen LogP contribution in [-0.2, 0) is 19.2 Å². The fourth-order valence-corrected chi connectivity index (χ4v) is 9.54. The van der Waals surface area contributed by atoms with Crippen molar-refractivity contribution >= 4 is 32.5 Å². The molecule has 136 valence electrons. The standard InChI is InChI=1S/C12H24N2O8S/c1-3-14(4-2)23(13,5-9(15)16,6-10(17)18,7-11(19)20)8-12(21)22/h3-8,13H2,1-2H3,(H,15,16)(H,17,18)(H,19,20)(H,21,22). The molecule has 0 fully saturated rings. The van der Waals surface area contributed by atoms with Crippen molar-refractivity contribution < 1.29 is 39.6 Å². The van der Waals surface area contributed by atoms with Crippen molar-refractivity contribution in [1.82, 2.24) is 4.31 Å². The number of carboxylic acid groups (broad SMARTS) is 4. The Balaban J connectivity index is 6.97. The molecule has 0 saturated heterocycles. The molecule has 10 nitrogen and oxygen atoms in total. The van der Waals surface area contributed by atoms with Gasteiger partial charge in [-0.3, -0.25) is 28.6 Å². The van der Waals surface area contributed by atoms with Gasteiger partial charge in [0.1, 0.15) is 0 Å². The van der Waals surface area contributed by atoms with Gasteiger partial charge in [-0.15, -0.1) is 0 Å². The summed E-state index contributed by atoms with van der Waals surface area (Å²) in [5.41, 5.74) is 0. The van der Waals surface area contributed by atoms with Crippen LogP contribution < -0.4 is 5.14 Å². The molecule has 0 aliphatic heterocycles. The first-order valence-electron chi connectivity index (χ1n) is 6.74. The highest BCUT2D eigenvalue weighted by Gasteiger charge is 2.66. The van der Waals surface area contributed by atoms with Crippen molar-refractivity contribution in [2.24, 2.45) is 5.14 Å². The van der Waals surface area contributed by atoms with Crippen LogP contribution in [-0.4, -0.2) is 84.7 Å². The van der Waals surface area contributed by atoms with Crippen molar-refractivity contribution in [3.63, 3.8) is 0 Å². The minimum Gasteiger partial charge on any atom is -0.481 e. The molecular weight excluding hydrogens is 332 g/mol. The maximum absolute atomic E-state index is 11.5. The fraction of sp³-hybridized carbons (Fsp3) is 0.667. The lowest BCUT2D eigenvalue weighted by Gasteiger charge is -2.78. The predicted octanol–water partition coefficient (Wildman–Crippen LogP) is -0.669. The number of nitrogens with zero attached hydrogens (tertiary/aromatic N) is 1. The number of carbonyl (C=O) groups is 4. The molecule has 0 aliphatic rings. The fourth-order valence-electron chi connectivity index (χ4n) is 3.33. The lowest BCUT2D eigenvalue weighted by atomic mass is 10.7. The third kappa shape index (κ3) is 4.12. The molecule has 0 aromatic carbocycles. The molecule has 0 bridgehead atoms. The lowest BCUT2D eigenvalue weighted by molar-refractivity contribution is -0.134. The summed E-state index contributed by atoms with van der Waals surface area (Å²) in [5, 5.41) is 43.6. The van der Waals surface area contributed by atoms with E-state index >= 15 is 0 Å². The maximum atomic E-state index is 11.5. The van der Waals surface area contributed by atoms with E-state index in [1.54, 1.807) is 13.8 Å². The van der Waals surface area contributed by atoms with Gasteiger partial charge < -0.3 is 20.4 Å². The molecule has 0 spiro atoms. The Morgan fingerprint density at radius 3 is 1.09 bits per heavy atom. The predicted molar refractivity (Wildman–Crippen MR) is 84.7 cm³/mol. The summed E-state index contributed by atoms with van der Waals surface area (Å²) in [6.45, 7) is 3.14. The Hall–Kier alpha value is -1.85. The quantitative estimate of drug-likeness (QED) is 0.319. The number of hydrogen-bond donors (Lipinski definition) is 5. The summed E-state index contributed by atoms with van der Waals surface area (Å²) < 4.78 is 1.24. The Bertz CT molecular complexity index is 464. The highest BCUT2D eigenvalue weighted by Crippen LogP contribution is 2.84. The van der Waals surface area contributed by atoms with Crippen molar-refractivity contribution in [3.8, 4) is 0 Å². The Kier molecular flexibility index (Phi) is 5.83. The van der Waals surface area contributed by atoms with E-state index in [0.29, 0.717) is 0 Å². The number of nitrogens with two attached hydrogens (primary N) is 1. The molecule has 0 radical (unpaired) electrons. The molecule has 6 N–H and O–H groups in total. The van der Waals surface area contributed by atoms with E-state index in [0.717, 1.165) is 0 Å². The second-order valence-electron chi connectivity index (χ2n) is 5.78. The molecule has 0 heterocycles. The minimum atomic E-state index is -5.26. The zero-order valence-electron chi connectivity index (χ0n) is 13.1. The molecule has 0 atom stereocenters. The summed E-state index contributed by atoms with van der Waals surface area (Å²) >= 11 is 0. The molecule has 23 heavy (non-hydrogen) atoms. The van der Waals surface area contributed by atoms with Crippen molar-refractivity contribution in [3.05, 3.63) is 0 Å². The topological polar surface area (TPSA) is 178 Å². The van der Waals surface area contributed by atoms with Gasteiger partial charge in [-0.2, -0.15) is 8.67 Å². The monoisotopic (exact) mass is 356 g/mol. The number of aliphatic carboxylic acids is 4. The van der Waals surface area contributed by atoms with Crippen molar-refractivity contribution in [2.45, 2.75) is 13.8 Å². The van der Waals surface area contributed by atoms with Crippen LogP contribution >= 0.6 is 8.67 Å². The molecule has 0 aromatic rings. The maximum Gasteiger partial charge on any atom is 0.312 e. The van der Waals surface area contributed by atoms with Crippen molar-refractivity contribution in [1.29, 1.82) is 0 Å². The lowest BCUT2D eigenvalue weighted by Crippen LogP contribution is -2.70. The van der Waals surface area contributed by atoms with Gasteiger partial charge in [0.25, 0.3) is 0 Å². The summed E-state index contributed by atoms with van der Waals surface area (Å²) in [6.07, 6.45) is 0. The highest BCUT2D eigenvalue weighted by molar-refractivity contribution is 8.62. The van der Waals surface area contributed by atoms with Crippen molar-refractivity contribution in [2.75, 3.05) is 36.1 Å². The van der Waals surface area contributed by atoms with Crippen LogP contribution in [0.1, 0.15) is 13.8 Å². The van der Waals surface area contributed by atoms with E-state index in [4.69, 9.17) is 5.14 Å². The van der Waals surface area contributed by atoms with E-state index in [-0.39, 0.29) is 13.1 Å². The Morgan fingerprint density at radius 1 is 0.739 bits per heavy atom. The van der Waals surface area contributed by atoms with Gasteiger partial charge in [-0.1, -0.05) is 13.8 Å². The first-order chi connectivity index (χ1) is 10.3. The molecule has 0 aliphatic carbocycles. The summed E-state index contributed by atoms with van der Waals surface area (Å²) in [5.74, 6) is -10.3. The number of carboxylic acids is 4. The minimum absolute atomic E-state index is 0.0235. The molecule has 11 heteroatoms. The number of hydrogen-bond acceptors (Lipinski definition) is 6. The van der Waals surface area contributed by atoms with Crippen LogP contribution in [0, 0.1) is 0 Å². The normalized spacial score (nSPS) is 14.8.